The van der Waals surface area contributed by atoms with Gasteiger partial charge in [-0.25, -0.2) is 0 Å². The summed E-state index contributed by atoms with van der Waals surface area (Å²) in [6, 6.07) is 14.8. The number of pyridine rings is 1. The van der Waals surface area contributed by atoms with Gasteiger partial charge >= 0.3 is 0 Å². The summed E-state index contributed by atoms with van der Waals surface area (Å²) in [6.07, 6.45) is 3.50. The summed E-state index contributed by atoms with van der Waals surface area (Å²) in [5.41, 5.74) is 1.82. The fourth-order valence-corrected chi connectivity index (χ4v) is 2.85. The van der Waals surface area contributed by atoms with Gasteiger partial charge in [-0.3, -0.25) is 9.78 Å². The van der Waals surface area contributed by atoms with Gasteiger partial charge in [0, 0.05) is 19.3 Å². The first-order chi connectivity index (χ1) is 11.8. The van der Waals surface area contributed by atoms with Crippen molar-refractivity contribution in [1.82, 2.24) is 9.88 Å². The normalized spacial score (nSPS) is 15.0. The molecule has 1 aromatic heterocycles. The van der Waals surface area contributed by atoms with Gasteiger partial charge in [0.2, 0.25) is 0 Å². The Morgan fingerprint density at radius 2 is 1.96 bits per heavy atom. The van der Waals surface area contributed by atoms with Crippen LogP contribution in [0.15, 0.2) is 48.7 Å². The Kier molecular flexibility index (Phi) is 5.19. The number of nitriles is 1. The summed E-state index contributed by atoms with van der Waals surface area (Å²) in [6.45, 7) is 1.79. The number of rotatable bonds is 4. The van der Waals surface area contributed by atoms with E-state index in [9.17, 15) is 4.79 Å². The predicted octanol–water partition coefficient (Wildman–Crippen LogP) is 2.77. The van der Waals surface area contributed by atoms with Crippen molar-refractivity contribution in [2.24, 2.45) is 0 Å². The molecular weight excluding hydrogens is 302 g/mol. The van der Waals surface area contributed by atoms with Crippen molar-refractivity contribution in [3.8, 4) is 6.07 Å². The van der Waals surface area contributed by atoms with Crippen LogP contribution in [0.25, 0.3) is 0 Å². The molecule has 0 atom stereocenters. The first kappa shape index (κ1) is 16.2. The summed E-state index contributed by atoms with van der Waals surface area (Å²) in [5.74, 6) is -0.0738. The summed E-state index contributed by atoms with van der Waals surface area (Å²) in [5, 5.41) is 9.14. The van der Waals surface area contributed by atoms with Gasteiger partial charge in [-0.15, -0.1) is 0 Å². The lowest BCUT2D eigenvalue weighted by atomic mass is 10.0. The molecule has 1 aliphatic rings. The molecule has 24 heavy (non-hydrogen) atoms. The lowest BCUT2D eigenvalue weighted by Crippen LogP contribution is -2.41. The van der Waals surface area contributed by atoms with Crippen LogP contribution in [0.3, 0.4) is 0 Å². The van der Waals surface area contributed by atoms with Crippen molar-refractivity contribution >= 4 is 5.91 Å². The Bertz CT molecular complexity index is 732. The van der Waals surface area contributed by atoms with E-state index >= 15 is 0 Å². The third-order valence-electron chi connectivity index (χ3n) is 4.20. The van der Waals surface area contributed by atoms with Crippen LogP contribution in [0, 0.1) is 11.3 Å². The first-order valence-corrected chi connectivity index (χ1v) is 8.08. The van der Waals surface area contributed by atoms with Gasteiger partial charge in [0.1, 0.15) is 0 Å². The second kappa shape index (κ2) is 7.71. The Morgan fingerprint density at radius 1 is 1.21 bits per heavy atom. The molecule has 2 aromatic rings. The maximum absolute atomic E-state index is 12.6. The quantitative estimate of drug-likeness (QED) is 0.868. The van der Waals surface area contributed by atoms with Crippen molar-refractivity contribution in [3.05, 3.63) is 65.5 Å². The summed E-state index contributed by atoms with van der Waals surface area (Å²) in [4.78, 5) is 18.6. The van der Waals surface area contributed by atoms with Crippen LogP contribution < -0.4 is 0 Å². The van der Waals surface area contributed by atoms with E-state index in [0.717, 1.165) is 18.5 Å². The van der Waals surface area contributed by atoms with Crippen LogP contribution >= 0.6 is 0 Å². The van der Waals surface area contributed by atoms with Crippen LogP contribution in [0.5, 0.6) is 0 Å². The van der Waals surface area contributed by atoms with Gasteiger partial charge in [-0.05, 0) is 37.1 Å². The van der Waals surface area contributed by atoms with Crippen LogP contribution in [0.1, 0.15) is 34.5 Å². The number of piperidine rings is 1. The van der Waals surface area contributed by atoms with Gasteiger partial charge < -0.3 is 9.64 Å². The monoisotopic (exact) mass is 321 g/mol. The highest BCUT2D eigenvalue weighted by molar-refractivity contribution is 5.96. The molecule has 2 heterocycles. The minimum atomic E-state index is -0.0738. The number of hydrogen-bond donors (Lipinski definition) is 0. The molecule has 0 unspecified atom stereocenters. The number of benzene rings is 1. The Balaban J connectivity index is 1.53. The highest BCUT2D eigenvalue weighted by Gasteiger charge is 2.25. The Labute approximate surface area is 141 Å². The lowest BCUT2D eigenvalue weighted by Gasteiger charge is -2.32. The molecule has 3 rings (SSSR count). The third-order valence-corrected chi connectivity index (χ3v) is 4.20. The second-order valence-electron chi connectivity index (χ2n) is 5.78. The lowest BCUT2D eigenvalue weighted by molar-refractivity contribution is -0.00161. The molecule has 0 bridgehead atoms. The molecule has 0 aliphatic carbocycles. The maximum atomic E-state index is 12.6. The average Bonchev–Trinajstić information content (AvgIpc) is 2.67. The smallest absolute Gasteiger partial charge is 0.255 e. The van der Waals surface area contributed by atoms with Crippen LogP contribution in [0.2, 0.25) is 0 Å². The van der Waals surface area contributed by atoms with Crippen LogP contribution in [0.4, 0.5) is 0 Å². The minimum Gasteiger partial charge on any atom is -0.372 e. The molecule has 1 saturated heterocycles. The Hall–Kier alpha value is -2.71. The SMILES string of the molecule is N#Cc1ccccc1C(=O)N1CCC(OCc2ccccn2)CC1. The largest absolute Gasteiger partial charge is 0.372 e. The molecular formula is C19H19N3O2. The highest BCUT2D eigenvalue weighted by Crippen LogP contribution is 2.19. The molecule has 0 radical (unpaired) electrons. The molecule has 1 amide bonds. The molecule has 1 fully saturated rings. The van der Waals surface area contributed by atoms with Gasteiger partial charge in [0.15, 0.2) is 0 Å². The molecule has 1 aromatic carbocycles. The van der Waals surface area contributed by atoms with E-state index in [1.807, 2.05) is 18.2 Å². The fraction of sp³-hybridized carbons (Fsp3) is 0.316. The minimum absolute atomic E-state index is 0.0738. The number of nitrogens with zero attached hydrogens (tertiary/aromatic N) is 3. The Morgan fingerprint density at radius 3 is 2.67 bits per heavy atom. The zero-order valence-corrected chi connectivity index (χ0v) is 13.4. The van der Waals surface area contributed by atoms with Crippen molar-refractivity contribution in [1.29, 1.82) is 5.26 Å². The number of aromatic nitrogens is 1. The average molecular weight is 321 g/mol. The molecule has 5 heteroatoms. The number of likely N-dealkylation sites (tertiary alicyclic amines) is 1. The van der Waals surface area contributed by atoms with Gasteiger partial charge in [-0.2, -0.15) is 5.26 Å². The standard InChI is InChI=1S/C19H19N3O2/c20-13-15-5-1-2-7-18(15)19(23)22-11-8-17(9-12-22)24-14-16-6-3-4-10-21-16/h1-7,10,17H,8-9,11-12,14H2. The van der Waals surface area contributed by atoms with Crippen molar-refractivity contribution in [3.63, 3.8) is 0 Å². The van der Waals surface area contributed by atoms with Crippen LogP contribution in [-0.2, 0) is 11.3 Å². The first-order valence-electron chi connectivity index (χ1n) is 8.08. The number of amides is 1. The van der Waals surface area contributed by atoms with Crippen molar-refractivity contribution in [2.45, 2.75) is 25.6 Å². The van der Waals surface area contributed by atoms with E-state index < -0.39 is 0 Å². The summed E-state index contributed by atoms with van der Waals surface area (Å²) < 4.78 is 5.89. The van der Waals surface area contributed by atoms with E-state index in [0.29, 0.717) is 30.8 Å². The van der Waals surface area contributed by atoms with E-state index in [-0.39, 0.29) is 12.0 Å². The van der Waals surface area contributed by atoms with Crippen LogP contribution in [-0.4, -0.2) is 35.0 Å². The van der Waals surface area contributed by atoms with E-state index in [4.69, 9.17) is 10.00 Å². The van der Waals surface area contributed by atoms with E-state index in [1.165, 1.54) is 0 Å². The molecule has 1 aliphatic heterocycles. The molecule has 0 saturated carbocycles. The second-order valence-corrected chi connectivity index (χ2v) is 5.78. The number of hydrogen-bond acceptors (Lipinski definition) is 4. The van der Waals surface area contributed by atoms with Gasteiger partial charge in [-0.1, -0.05) is 18.2 Å². The summed E-state index contributed by atoms with van der Waals surface area (Å²) in [7, 11) is 0. The number of ether oxygens (including phenoxy) is 1. The molecule has 0 N–H and O–H groups in total. The van der Waals surface area contributed by atoms with Gasteiger partial charge in [0.05, 0.1) is 35.6 Å². The number of carbonyl (C=O) groups excluding carboxylic acids is 1. The molecule has 5 nitrogen and oxygen atoms in total. The fourth-order valence-electron chi connectivity index (χ4n) is 2.85. The van der Waals surface area contributed by atoms with Gasteiger partial charge in [0.25, 0.3) is 5.91 Å². The predicted molar refractivity (Wildman–Crippen MR) is 89.1 cm³/mol. The highest BCUT2D eigenvalue weighted by atomic mass is 16.5. The zero-order valence-electron chi connectivity index (χ0n) is 13.4. The topological polar surface area (TPSA) is 66.2 Å². The number of carbonyl (C=O) groups is 1. The maximum Gasteiger partial charge on any atom is 0.255 e. The van der Waals surface area contributed by atoms with Crippen molar-refractivity contribution in [2.75, 3.05) is 13.1 Å². The summed E-state index contributed by atoms with van der Waals surface area (Å²) >= 11 is 0. The van der Waals surface area contributed by atoms with E-state index in [1.54, 1.807) is 35.4 Å². The van der Waals surface area contributed by atoms with Crippen molar-refractivity contribution < 1.29 is 9.53 Å². The third kappa shape index (κ3) is 3.79. The van der Waals surface area contributed by atoms with E-state index in [2.05, 4.69) is 11.1 Å². The molecule has 0 spiro atoms. The molecule has 122 valence electrons. The zero-order chi connectivity index (χ0) is 16.8.